The second kappa shape index (κ2) is 415. The van der Waals surface area contributed by atoms with Crippen LogP contribution in [-0.2, 0) is 0 Å². The second-order valence-corrected chi connectivity index (χ2v) is 0. The van der Waals surface area contributed by atoms with Crippen molar-refractivity contribution in [1.29, 1.82) is 0 Å². The minimum absolute atomic E-state index is 0. The molecule has 0 radical (unpaired) electrons. The molecule has 0 bridgehead atoms. The van der Waals surface area contributed by atoms with Crippen molar-refractivity contribution in [2.75, 3.05) is 0 Å². The molecule has 0 fully saturated rings. The first-order valence-electron chi connectivity index (χ1n) is 0.338. The van der Waals surface area contributed by atoms with Gasteiger partial charge in [0.2, 0.25) is 0 Å². The molecule has 0 aliphatic heterocycles. The molecule has 0 unspecified atom stereocenters. The molecule has 3 nitrogen and oxygen atoms in total. The van der Waals surface area contributed by atoms with Crippen molar-refractivity contribution >= 4 is 0 Å². The molecule has 0 aromatic rings. The van der Waals surface area contributed by atoms with Crippen LogP contribution in [0, 0.1) is 0 Å². The zero-order valence-electron chi connectivity index (χ0n) is 2.15. The van der Waals surface area contributed by atoms with Crippen molar-refractivity contribution < 1.29 is 25.2 Å². The maximum atomic E-state index is 8.50. The molecule has 0 aromatic heterocycles. The number of hydrogen-bond acceptors (Lipinski definition) is 2. The Morgan fingerprint density at radius 3 is 0.800 bits per heavy atom. The van der Waals surface area contributed by atoms with Crippen LogP contribution < -0.4 is 0 Å². The van der Waals surface area contributed by atoms with Crippen molar-refractivity contribution in [3.8, 4) is 0 Å². The van der Waals surface area contributed by atoms with Gasteiger partial charge in [-0.25, -0.2) is 10.6 Å². The topological polar surface area (TPSA) is 72.0 Å². The third kappa shape index (κ3) is 168. The van der Waals surface area contributed by atoms with Crippen molar-refractivity contribution in [2.45, 2.75) is 0 Å². The van der Waals surface area contributed by atoms with Crippen molar-refractivity contribution in [3.63, 3.8) is 0 Å². The molecular weight excluding hydrogens is 86.0 g/mol. The molecule has 0 amide bonds. The summed E-state index contributed by atoms with van der Waals surface area (Å²) in [7, 11) is 0. The highest BCUT2D eigenvalue weighted by atomic mass is 19.3. The summed E-state index contributed by atoms with van der Waals surface area (Å²) in [6.07, 6.45) is 0. The molecule has 0 aliphatic carbocycles. The SMILES string of the molecule is O.OF.OF. The van der Waals surface area contributed by atoms with Gasteiger partial charge in [-0.05, 0) is 0 Å². The van der Waals surface area contributed by atoms with Crippen molar-refractivity contribution in [2.24, 2.45) is 0 Å². The summed E-state index contributed by atoms with van der Waals surface area (Å²) in [5, 5.41) is 11.0. The van der Waals surface area contributed by atoms with Crippen molar-refractivity contribution in [1.82, 2.24) is 0 Å². The minimum Gasteiger partial charge on any atom is -0.412 e. The van der Waals surface area contributed by atoms with Crippen LogP contribution in [0.15, 0.2) is 0 Å². The van der Waals surface area contributed by atoms with Crippen LogP contribution in [0.1, 0.15) is 0 Å². The van der Waals surface area contributed by atoms with Crippen molar-refractivity contribution in [3.05, 3.63) is 0 Å². The largest absolute Gasteiger partial charge is 0.412 e. The third-order valence-electron chi connectivity index (χ3n) is 0. The Balaban J connectivity index is -0.0000000133. The zero-order valence-corrected chi connectivity index (χ0v) is 2.15. The summed E-state index contributed by atoms with van der Waals surface area (Å²) in [5.74, 6) is 0. The lowest BCUT2D eigenvalue weighted by molar-refractivity contribution is -0.0442. The van der Waals surface area contributed by atoms with Gasteiger partial charge in [0.05, 0.1) is 0 Å². The third-order valence-corrected chi connectivity index (χ3v) is 0. The van der Waals surface area contributed by atoms with Gasteiger partial charge >= 0.3 is 0 Å². The summed E-state index contributed by atoms with van der Waals surface area (Å²) in [6, 6.07) is 0. The summed E-state index contributed by atoms with van der Waals surface area (Å²) in [6.45, 7) is 0. The Kier molecular flexibility index (Phi) is 1820. The lowest BCUT2D eigenvalue weighted by atomic mass is 15.7. The normalized spacial score (nSPS) is 2.40. The van der Waals surface area contributed by atoms with Gasteiger partial charge in [0.1, 0.15) is 0 Å². The van der Waals surface area contributed by atoms with E-state index in [4.69, 9.17) is 19.7 Å². The van der Waals surface area contributed by atoms with E-state index in [9.17, 15) is 0 Å². The Bertz CT molecular complexity index is 4.85. The minimum atomic E-state index is 0. The number of rotatable bonds is 0. The lowest BCUT2D eigenvalue weighted by Gasteiger charge is -1.13. The smallest absolute Gasteiger partial charge is 0.0519 e. The number of halogens is 2. The Morgan fingerprint density at radius 2 is 0.800 bits per heavy atom. The van der Waals surface area contributed by atoms with Gasteiger partial charge < -0.3 is 5.48 Å². The zero-order chi connectivity index (χ0) is 4.00. The van der Waals surface area contributed by atoms with Crippen LogP contribution >= 0.6 is 0 Å². The van der Waals surface area contributed by atoms with Crippen LogP contribution in [0.4, 0.5) is 9.05 Å². The quantitative estimate of drug-likeness (QED) is 0.396. The monoisotopic (exact) mass is 90.0 g/mol. The first-order valence-corrected chi connectivity index (χ1v) is 0.338. The predicted octanol–water partition coefficient (Wildman–Crippen LogP) is -1.10. The first kappa shape index (κ1) is 21.9. The van der Waals surface area contributed by atoms with Crippen LogP contribution in [0.5, 0.6) is 0 Å². The lowest BCUT2D eigenvalue weighted by Crippen LogP contribution is -0.996. The van der Waals surface area contributed by atoms with Gasteiger partial charge in [-0.3, -0.25) is 0 Å². The summed E-state index contributed by atoms with van der Waals surface area (Å²) < 4.78 is 17.0. The maximum absolute atomic E-state index is 8.50. The molecule has 36 valence electrons. The molecule has 0 heterocycles. The van der Waals surface area contributed by atoms with Gasteiger partial charge in [-0.1, -0.05) is 9.05 Å². The molecule has 0 rings (SSSR count). The van der Waals surface area contributed by atoms with E-state index in [0.717, 1.165) is 0 Å². The van der Waals surface area contributed by atoms with Gasteiger partial charge in [0, 0.05) is 0 Å². The first-order chi connectivity index (χ1) is 2.00. The molecule has 0 aromatic carbocycles. The molecule has 4 N–H and O–H groups in total. The molecule has 0 saturated carbocycles. The van der Waals surface area contributed by atoms with Crippen LogP contribution in [0.25, 0.3) is 0 Å². The highest BCUT2D eigenvalue weighted by molar-refractivity contribution is 1.98. The second-order valence-electron chi connectivity index (χ2n) is 0. The van der Waals surface area contributed by atoms with Gasteiger partial charge in [-0.2, -0.15) is 0 Å². The standard InChI is InChI=1S/2FHO.H2O/c2*1-2;/h2*2H;1H2. The highest BCUT2D eigenvalue weighted by Crippen LogP contribution is 1.13. The molecular formula is H4F2O3. The van der Waals surface area contributed by atoms with E-state index in [0.29, 0.717) is 0 Å². The molecule has 0 saturated heterocycles. The Morgan fingerprint density at radius 1 is 0.800 bits per heavy atom. The predicted molar refractivity (Wildman–Crippen MR) is 10.3 cm³/mol. The average Bonchev–Trinajstić information content (AvgIpc) is 1.50. The Labute approximate surface area is 26.6 Å². The van der Waals surface area contributed by atoms with E-state index >= 15 is 0 Å². The fraction of sp³-hybridized carbons (Fsp3) is 0. The van der Waals surface area contributed by atoms with Gasteiger partial charge in [0.25, 0.3) is 0 Å². The van der Waals surface area contributed by atoms with E-state index in [1.165, 1.54) is 0 Å². The summed E-state index contributed by atoms with van der Waals surface area (Å²) in [5.41, 5.74) is 0. The van der Waals surface area contributed by atoms with Gasteiger partial charge in [-0.15, -0.1) is 0 Å². The molecule has 5 heavy (non-hydrogen) atoms. The summed E-state index contributed by atoms with van der Waals surface area (Å²) >= 11 is 0. The van der Waals surface area contributed by atoms with Crippen LogP contribution in [0.2, 0.25) is 0 Å². The fourth-order valence-electron chi connectivity index (χ4n) is 0. The number of hydrogen-bond donors (Lipinski definition) is 2. The van der Waals surface area contributed by atoms with Gasteiger partial charge in [0.15, 0.2) is 0 Å². The molecule has 5 heteroatoms. The van der Waals surface area contributed by atoms with Crippen LogP contribution in [-0.4, -0.2) is 16.1 Å². The van der Waals surface area contributed by atoms with E-state index < -0.39 is 0 Å². The highest BCUT2D eigenvalue weighted by Gasteiger charge is 0.875. The average molecular weight is 90.0 g/mol. The Hall–Kier alpha value is -0.260. The van der Waals surface area contributed by atoms with E-state index in [-0.39, 0.29) is 5.48 Å². The fourth-order valence-corrected chi connectivity index (χ4v) is 0. The summed E-state index contributed by atoms with van der Waals surface area (Å²) in [4.78, 5) is 0. The maximum Gasteiger partial charge on any atom is -0.0519 e. The molecule has 0 aliphatic rings. The van der Waals surface area contributed by atoms with Crippen LogP contribution in [0.3, 0.4) is 0 Å². The van der Waals surface area contributed by atoms with E-state index in [2.05, 4.69) is 0 Å². The molecule has 0 atom stereocenters. The van der Waals surface area contributed by atoms with E-state index in [1.807, 2.05) is 0 Å². The molecule has 0 spiro atoms. The van der Waals surface area contributed by atoms with E-state index in [1.54, 1.807) is 0 Å².